The number of H-pyrrole nitrogens is 1. The molecule has 9 heteroatoms. The number of hydrogen-bond acceptors (Lipinski definition) is 4. The summed E-state index contributed by atoms with van der Waals surface area (Å²) in [4.78, 5) is 21.9. The van der Waals surface area contributed by atoms with Gasteiger partial charge >= 0.3 is 0 Å². The summed E-state index contributed by atoms with van der Waals surface area (Å²) in [5.41, 5.74) is 5.67. The summed E-state index contributed by atoms with van der Waals surface area (Å²) in [5, 5.41) is 14.7. The van der Waals surface area contributed by atoms with Crippen LogP contribution in [0, 0.1) is 13.8 Å². The Morgan fingerprint density at radius 1 is 1.22 bits per heavy atom. The maximum absolute atomic E-state index is 13.7. The maximum Gasteiger partial charge on any atom is 0.242 e. The maximum atomic E-state index is 13.7. The van der Waals surface area contributed by atoms with E-state index in [-0.39, 0.29) is 24.7 Å². The zero-order chi connectivity index (χ0) is 25.6. The number of hydrogen-bond donors (Lipinski definition) is 2. The van der Waals surface area contributed by atoms with Crippen LogP contribution in [-0.4, -0.2) is 61.1 Å². The van der Waals surface area contributed by atoms with Gasteiger partial charge in [-0.15, -0.1) is 0 Å². The quantitative estimate of drug-likeness (QED) is 0.403. The van der Waals surface area contributed by atoms with Crippen LogP contribution in [-0.2, 0) is 11.2 Å². The molecule has 7 nitrogen and oxygen atoms in total. The van der Waals surface area contributed by atoms with Crippen molar-refractivity contribution >= 4 is 22.5 Å². The van der Waals surface area contributed by atoms with Gasteiger partial charge in [0.25, 0.3) is 0 Å². The van der Waals surface area contributed by atoms with Gasteiger partial charge in [-0.2, -0.15) is 5.10 Å². The van der Waals surface area contributed by atoms with Crippen molar-refractivity contribution in [2.45, 2.75) is 64.9 Å². The molecule has 1 amide bonds. The molecule has 2 N–H and O–H groups in total. The van der Waals surface area contributed by atoms with Crippen molar-refractivity contribution in [1.82, 2.24) is 24.5 Å². The number of nitrogens with zero attached hydrogens (tertiary/aromatic N) is 4. The molecule has 0 saturated carbocycles. The minimum absolute atomic E-state index is 0.0248. The van der Waals surface area contributed by atoms with Crippen LogP contribution in [0.3, 0.4) is 0 Å². The van der Waals surface area contributed by atoms with Crippen molar-refractivity contribution in [2.75, 3.05) is 13.1 Å². The van der Waals surface area contributed by atoms with E-state index < -0.39 is 12.5 Å². The Morgan fingerprint density at radius 2 is 1.97 bits per heavy atom. The number of pyridine rings is 1. The molecule has 1 aliphatic heterocycles. The number of aliphatic hydroxyl groups is 1. The fraction of sp³-hybridized carbons (Fsp3) is 0.444. The fourth-order valence-electron chi connectivity index (χ4n) is 5.37. The van der Waals surface area contributed by atoms with Crippen LogP contribution in [0.5, 0.6) is 0 Å². The first kappa shape index (κ1) is 24.4. The molecule has 1 unspecified atom stereocenters. The molecule has 0 spiro atoms. The number of carbonyl (C=O) groups excluding carboxylic acids is 1. The minimum Gasteiger partial charge on any atom is -0.393 e. The zero-order valence-electron chi connectivity index (χ0n) is 20.8. The number of alkyl halides is 2. The number of aryl methyl sites for hydroxylation is 2. The standard InChI is InChI=1S/C27H31F2N5O2/c1-15-10-20(14-34-27(15)30-17(3)32-34)26-22(13-24(28)29)21-12-19(4-5-23(21)31-26)18-6-8-33(9-7-18)25(36)11-16(2)35/h4-5,10,12,14,16,18,24,31,35H,6-9,11,13H2,1-3H3. The lowest BCUT2D eigenvalue weighted by molar-refractivity contribution is -0.134. The Bertz CT molecular complexity index is 1420. The molecule has 190 valence electrons. The van der Waals surface area contributed by atoms with E-state index in [1.54, 1.807) is 11.4 Å². The summed E-state index contributed by atoms with van der Waals surface area (Å²) in [5.74, 6) is 0.880. The lowest BCUT2D eigenvalue weighted by atomic mass is 9.88. The van der Waals surface area contributed by atoms with Gasteiger partial charge in [-0.1, -0.05) is 6.07 Å². The largest absolute Gasteiger partial charge is 0.393 e. The van der Waals surface area contributed by atoms with E-state index in [1.807, 2.05) is 43.1 Å². The van der Waals surface area contributed by atoms with Crippen LogP contribution in [0.15, 0.2) is 30.5 Å². The van der Waals surface area contributed by atoms with Crippen molar-refractivity contribution in [3.63, 3.8) is 0 Å². The third-order valence-electron chi connectivity index (χ3n) is 7.09. The molecule has 1 fully saturated rings. The van der Waals surface area contributed by atoms with Gasteiger partial charge in [0.05, 0.1) is 18.2 Å². The second kappa shape index (κ2) is 9.61. The summed E-state index contributed by atoms with van der Waals surface area (Å²) in [7, 11) is 0. The predicted octanol–water partition coefficient (Wildman–Crippen LogP) is 4.78. The van der Waals surface area contributed by atoms with Crippen LogP contribution in [0.1, 0.15) is 54.6 Å². The van der Waals surface area contributed by atoms with E-state index in [0.717, 1.165) is 46.1 Å². The van der Waals surface area contributed by atoms with Crippen molar-refractivity contribution in [1.29, 1.82) is 0 Å². The number of aromatic nitrogens is 4. The monoisotopic (exact) mass is 495 g/mol. The van der Waals surface area contributed by atoms with Gasteiger partial charge in [0.15, 0.2) is 5.65 Å². The van der Waals surface area contributed by atoms with Crippen molar-refractivity contribution in [3.8, 4) is 11.3 Å². The number of benzene rings is 1. The van der Waals surface area contributed by atoms with Gasteiger partial charge in [0, 0.05) is 42.2 Å². The molecule has 4 heterocycles. The highest BCUT2D eigenvalue weighted by Crippen LogP contribution is 2.36. The van der Waals surface area contributed by atoms with Crippen molar-refractivity contribution < 1.29 is 18.7 Å². The van der Waals surface area contributed by atoms with Gasteiger partial charge < -0.3 is 15.0 Å². The number of piperidine rings is 1. The molecule has 0 aliphatic carbocycles. The number of halogens is 2. The van der Waals surface area contributed by atoms with Crippen molar-refractivity contribution in [3.05, 3.63) is 53.0 Å². The molecule has 0 bridgehead atoms. The van der Waals surface area contributed by atoms with Gasteiger partial charge in [-0.3, -0.25) is 4.79 Å². The molecule has 4 aromatic rings. The molecule has 1 saturated heterocycles. The zero-order valence-corrected chi connectivity index (χ0v) is 20.8. The number of carbonyl (C=O) groups is 1. The van der Waals surface area contributed by atoms with E-state index in [9.17, 15) is 18.7 Å². The van der Waals surface area contributed by atoms with Crippen LogP contribution in [0.2, 0.25) is 0 Å². The van der Waals surface area contributed by atoms with Gasteiger partial charge in [-0.25, -0.2) is 18.3 Å². The molecule has 1 aliphatic rings. The van der Waals surface area contributed by atoms with Gasteiger partial charge in [-0.05, 0) is 74.4 Å². The molecule has 0 radical (unpaired) electrons. The second-order valence-corrected chi connectivity index (χ2v) is 9.93. The van der Waals surface area contributed by atoms with E-state index in [2.05, 4.69) is 21.1 Å². The second-order valence-electron chi connectivity index (χ2n) is 9.93. The van der Waals surface area contributed by atoms with E-state index >= 15 is 0 Å². The molecular formula is C27H31F2N5O2. The first-order valence-corrected chi connectivity index (χ1v) is 12.4. The Hall–Kier alpha value is -3.33. The molecule has 1 atom stereocenters. The molecule has 1 aromatic carbocycles. The van der Waals surface area contributed by atoms with E-state index in [4.69, 9.17) is 0 Å². The topological polar surface area (TPSA) is 86.5 Å². The summed E-state index contributed by atoms with van der Waals surface area (Å²) in [6.45, 7) is 6.65. The van der Waals surface area contributed by atoms with Gasteiger partial charge in [0.1, 0.15) is 5.82 Å². The summed E-state index contributed by atoms with van der Waals surface area (Å²) >= 11 is 0. The Morgan fingerprint density at radius 3 is 2.67 bits per heavy atom. The first-order chi connectivity index (χ1) is 17.2. The fourth-order valence-corrected chi connectivity index (χ4v) is 5.37. The highest BCUT2D eigenvalue weighted by molar-refractivity contribution is 5.91. The lowest BCUT2D eigenvalue weighted by Gasteiger charge is -2.32. The number of fused-ring (bicyclic) bond motifs is 2. The third-order valence-corrected chi connectivity index (χ3v) is 7.09. The first-order valence-electron chi connectivity index (χ1n) is 12.4. The van der Waals surface area contributed by atoms with Crippen LogP contribution in [0.4, 0.5) is 8.78 Å². The number of nitrogens with one attached hydrogen (secondary N) is 1. The van der Waals surface area contributed by atoms with E-state index in [0.29, 0.717) is 30.2 Å². The number of likely N-dealkylation sites (tertiary alicyclic amines) is 1. The van der Waals surface area contributed by atoms with Crippen LogP contribution < -0.4 is 0 Å². The molecule has 36 heavy (non-hydrogen) atoms. The van der Waals surface area contributed by atoms with E-state index in [1.165, 1.54) is 0 Å². The Balaban J connectivity index is 1.48. The SMILES string of the molecule is Cc1nc2c(C)cc(-c3[nH]c4ccc(C5CCN(C(=O)CC(C)O)CC5)cc4c3CC(F)F)cn2n1. The summed E-state index contributed by atoms with van der Waals surface area (Å²) < 4.78 is 29.2. The average Bonchev–Trinajstić information content (AvgIpc) is 3.38. The highest BCUT2D eigenvalue weighted by Gasteiger charge is 2.26. The number of aromatic amines is 1. The lowest BCUT2D eigenvalue weighted by Crippen LogP contribution is -2.39. The van der Waals surface area contributed by atoms with Crippen molar-refractivity contribution in [2.24, 2.45) is 0 Å². The minimum atomic E-state index is -2.48. The highest BCUT2D eigenvalue weighted by atomic mass is 19.3. The normalized spacial score (nSPS) is 15.9. The summed E-state index contributed by atoms with van der Waals surface area (Å²) in [6.07, 6.45) is 0.112. The Kier molecular flexibility index (Phi) is 6.51. The molecule has 3 aromatic heterocycles. The predicted molar refractivity (Wildman–Crippen MR) is 134 cm³/mol. The number of rotatable bonds is 6. The van der Waals surface area contributed by atoms with Crippen LogP contribution >= 0.6 is 0 Å². The smallest absolute Gasteiger partial charge is 0.242 e. The molecule has 5 rings (SSSR count). The number of amides is 1. The number of aliphatic hydroxyl groups excluding tert-OH is 1. The third kappa shape index (κ3) is 4.72. The molecular weight excluding hydrogens is 464 g/mol. The Labute approximate surface area is 208 Å². The van der Waals surface area contributed by atoms with Crippen LogP contribution in [0.25, 0.3) is 27.8 Å². The van der Waals surface area contributed by atoms with Gasteiger partial charge in [0.2, 0.25) is 12.3 Å². The average molecular weight is 496 g/mol. The summed E-state index contributed by atoms with van der Waals surface area (Å²) in [6, 6.07) is 8.03.